The lowest BCUT2D eigenvalue weighted by Crippen LogP contribution is -2.37. The average Bonchev–Trinajstić information content (AvgIpc) is 2.77. The predicted molar refractivity (Wildman–Crippen MR) is 215 cm³/mol. The molecular formula is C47H80. The van der Waals surface area contributed by atoms with Crippen molar-refractivity contribution in [3.05, 3.63) is 67.8 Å². The molecule has 0 N–H and O–H groups in total. The minimum absolute atomic E-state index is 0.0237. The van der Waals surface area contributed by atoms with Gasteiger partial charge in [0.05, 0.1) is 0 Å². The molecule has 47 heavy (non-hydrogen) atoms. The summed E-state index contributed by atoms with van der Waals surface area (Å²) in [6.07, 6.45) is 3.35. The molecular weight excluding hydrogens is 565 g/mol. The molecule has 0 aromatic heterocycles. The average molecular weight is 645 g/mol. The maximum absolute atomic E-state index is 2.55. The quantitative estimate of drug-likeness (QED) is 0.311. The van der Waals surface area contributed by atoms with E-state index in [9.17, 15) is 0 Å². The summed E-state index contributed by atoms with van der Waals surface area (Å²) in [4.78, 5) is 0. The number of benzene rings is 2. The first-order valence-electron chi connectivity index (χ1n) is 18.9. The summed E-state index contributed by atoms with van der Waals surface area (Å²) in [7, 11) is 0. The van der Waals surface area contributed by atoms with Crippen molar-refractivity contribution in [2.45, 2.75) is 229 Å². The lowest BCUT2D eigenvalue weighted by Gasteiger charge is -2.46. The molecule has 0 aliphatic carbocycles. The smallest absolute Gasteiger partial charge is 0.0126 e. The molecule has 0 heteroatoms. The summed E-state index contributed by atoms with van der Waals surface area (Å²) in [6, 6.07) is 5.11. The van der Waals surface area contributed by atoms with Crippen LogP contribution in [0.4, 0.5) is 0 Å². The molecule has 0 fully saturated rings. The highest BCUT2D eigenvalue weighted by molar-refractivity contribution is 5.62. The van der Waals surface area contributed by atoms with Crippen LogP contribution in [0, 0.1) is 0 Å². The fourth-order valence-corrected chi connectivity index (χ4v) is 8.11. The molecule has 268 valence electrons. The molecule has 0 saturated carbocycles. The molecule has 0 spiro atoms. The van der Waals surface area contributed by atoms with Gasteiger partial charge < -0.3 is 0 Å². The Bertz CT molecular complexity index is 1330. The fraction of sp³-hybridized carbons (Fsp3) is 0.745. The highest BCUT2D eigenvalue weighted by atomic mass is 14.5. The Balaban J connectivity index is 3.13. The van der Waals surface area contributed by atoms with E-state index < -0.39 is 0 Å². The highest BCUT2D eigenvalue weighted by Gasteiger charge is 2.42. The van der Waals surface area contributed by atoms with Gasteiger partial charge in [0.1, 0.15) is 0 Å². The van der Waals surface area contributed by atoms with Gasteiger partial charge in [-0.2, -0.15) is 0 Å². The van der Waals surface area contributed by atoms with Crippen LogP contribution in [0.15, 0.2) is 12.1 Å². The van der Waals surface area contributed by atoms with Crippen molar-refractivity contribution in [1.82, 2.24) is 0 Å². The summed E-state index contributed by atoms with van der Waals surface area (Å²) in [5.41, 5.74) is 16.2. The molecule has 0 unspecified atom stereocenters. The van der Waals surface area contributed by atoms with Crippen LogP contribution in [0.25, 0.3) is 0 Å². The Kier molecular flexibility index (Phi) is 11.2. The van der Waals surface area contributed by atoms with Gasteiger partial charge in [0.2, 0.25) is 0 Å². The molecule has 0 bridgehead atoms. The van der Waals surface area contributed by atoms with Gasteiger partial charge >= 0.3 is 0 Å². The molecule has 0 aliphatic heterocycles. The van der Waals surface area contributed by atoms with Crippen LogP contribution in [0.1, 0.15) is 228 Å². The molecule has 0 saturated heterocycles. The van der Waals surface area contributed by atoms with Crippen LogP contribution >= 0.6 is 0 Å². The van der Waals surface area contributed by atoms with Crippen molar-refractivity contribution in [2.24, 2.45) is 0 Å². The zero-order valence-corrected chi connectivity index (χ0v) is 36.3. The molecule has 2 aromatic carbocycles. The SMILES string of the molecule is CC(C)(C)c1cc(C(C)(C)C)c(CCCc2c(C(C)(C)C)c(C(C)(C)C)c(C(C)(C)C)c(C(C)(C)C)c2C(C)(C)C)c(C(C)(C)C)c1. The third-order valence-corrected chi connectivity index (χ3v) is 9.94. The van der Waals surface area contributed by atoms with Crippen LogP contribution in [0.5, 0.6) is 0 Å². The van der Waals surface area contributed by atoms with Crippen LogP contribution < -0.4 is 0 Å². The monoisotopic (exact) mass is 645 g/mol. The van der Waals surface area contributed by atoms with E-state index in [1.165, 1.54) is 16.7 Å². The van der Waals surface area contributed by atoms with Crippen LogP contribution in [-0.4, -0.2) is 0 Å². The largest absolute Gasteiger partial charge is 0.0561 e. The first-order valence-corrected chi connectivity index (χ1v) is 18.9. The van der Waals surface area contributed by atoms with Gasteiger partial charge in [-0.25, -0.2) is 0 Å². The molecule has 2 aromatic rings. The summed E-state index contributed by atoms with van der Waals surface area (Å²) in [5, 5.41) is 0. The third-order valence-electron chi connectivity index (χ3n) is 9.94. The Morgan fingerprint density at radius 2 is 0.553 bits per heavy atom. The van der Waals surface area contributed by atoms with Crippen molar-refractivity contribution in [2.75, 3.05) is 0 Å². The zero-order valence-electron chi connectivity index (χ0n) is 36.3. The summed E-state index contributed by atoms with van der Waals surface area (Å²) < 4.78 is 0. The van der Waals surface area contributed by atoms with Gasteiger partial charge in [-0.1, -0.05) is 178 Å². The van der Waals surface area contributed by atoms with E-state index in [1.54, 1.807) is 38.9 Å². The molecule has 0 nitrogen and oxygen atoms in total. The topological polar surface area (TPSA) is 0 Å². The minimum Gasteiger partial charge on any atom is -0.0561 e. The molecule has 2 rings (SSSR count). The second-order valence-electron chi connectivity index (χ2n) is 23.3. The van der Waals surface area contributed by atoms with E-state index in [1.807, 2.05) is 0 Å². The van der Waals surface area contributed by atoms with E-state index in [-0.39, 0.29) is 43.3 Å². The number of rotatable bonds is 4. The Morgan fingerprint density at radius 1 is 0.298 bits per heavy atom. The van der Waals surface area contributed by atoms with Crippen molar-refractivity contribution >= 4 is 0 Å². The Hall–Kier alpha value is -1.56. The summed E-state index contributed by atoms with van der Waals surface area (Å²) in [5.74, 6) is 0. The van der Waals surface area contributed by atoms with Crippen molar-refractivity contribution < 1.29 is 0 Å². The normalized spacial score (nSPS) is 14.6. The van der Waals surface area contributed by atoms with Crippen LogP contribution in [0.2, 0.25) is 0 Å². The lowest BCUT2D eigenvalue weighted by atomic mass is 9.58. The Morgan fingerprint density at radius 3 is 0.787 bits per heavy atom. The second kappa shape index (κ2) is 12.6. The fourth-order valence-electron chi connectivity index (χ4n) is 8.11. The van der Waals surface area contributed by atoms with E-state index >= 15 is 0 Å². The minimum atomic E-state index is 0.0237. The number of hydrogen-bond donors (Lipinski definition) is 0. The lowest BCUT2D eigenvalue weighted by molar-refractivity contribution is 0.453. The maximum atomic E-state index is 2.55. The van der Waals surface area contributed by atoms with E-state index in [4.69, 9.17) is 0 Å². The van der Waals surface area contributed by atoms with Gasteiger partial charge in [-0.05, 0) is 118 Å². The first-order chi connectivity index (χ1) is 20.4. The van der Waals surface area contributed by atoms with Gasteiger partial charge in [0.25, 0.3) is 0 Å². The van der Waals surface area contributed by atoms with Gasteiger partial charge in [0.15, 0.2) is 0 Å². The van der Waals surface area contributed by atoms with Crippen molar-refractivity contribution in [1.29, 1.82) is 0 Å². The van der Waals surface area contributed by atoms with Crippen LogP contribution in [0.3, 0.4) is 0 Å². The molecule has 0 amide bonds. The Labute approximate surface area is 295 Å². The maximum Gasteiger partial charge on any atom is -0.0126 e. The highest BCUT2D eigenvalue weighted by Crippen LogP contribution is 2.52. The zero-order chi connectivity index (χ0) is 37.3. The first kappa shape index (κ1) is 41.6. The van der Waals surface area contributed by atoms with Gasteiger partial charge in [-0.3, -0.25) is 0 Å². The summed E-state index contributed by atoms with van der Waals surface area (Å²) in [6.45, 7) is 58.5. The standard InChI is InChI=1S/C47H80/c1-40(2,3)30-28-33(41(4,5)6)31(34(29-30)42(7,8)9)26-25-27-32-35(43(10,11)12)37(45(16,17)18)39(47(22,23)24)38(46(19,20)21)36(32)44(13,14)15/h28-29H,25-27H2,1-24H3. The van der Waals surface area contributed by atoms with E-state index in [2.05, 4.69) is 178 Å². The predicted octanol–water partition coefficient (Wildman–Crippen LogP) is 14.2. The van der Waals surface area contributed by atoms with Crippen molar-refractivity contribution in [3.8, 4) is 0 Å². The molecule has 0 atom stereocenters. The van der Waals surface area contributed by atoms with Gasteiger partial charge in [0, 0.05) is 0 Å². The van der Waals surface area contributed by atoms with Gasteiger partial charge in [-0.15, -0.1) is 0 Å². The van der Waals surface area contributed by atoms with E-state index in [0.717, 1.165) is 19.3 Å². The second-order valence-corrected chi connectivity index (χ2v) is 23.3. The molecule has 0 heterocycles. The summed E-state index contributed by atoms with van der Waals surface area (Å²) >= 11 is 0. The van der Waals surface area contributed by atoms with Crippen LogP contribution in [-0.2, 0) is 56.2 Å². The molecule has 0 radical (unpaired) electrons. The number of hydrogen-bond acceptors (Lipinski definition) is 0. The third kappa shape index (κ3) is 9.37. The van der Waals surface area contributed by atoms with E-state index in [0.29, 0.717) is 0 Å². The molecule has 0 aliphatic rings. The van der Waals surface area contributed by atoms with Crippen molar-refractivity contribution in [3.63, 3.8) is 0 Å².